The molecule has 1 aromatic carbocycles. The van der Waals surface area contributed by atoms with Gasteiger partial charge in [-0.05, 0) is 45.3 Å². The van der Waals surface area contributed by atoms with Crippen LogP contribution in [0.15, 0.2) is 50.7 Å². The monoisotopic (exact) mass is 447 g/mol. The summed E-state index contributed by atoms with van der Waals surface area (Å²) in [5.41, 5.74) is 1.01. The maximum atomic E-state index is 12.7. The number of hydrogen-bond donors (Lipinski definition) is 1. The second kappa shape index (κ2) is 11.8. The lowest BCUT2D eigenvalue weighted by molar-refractivity contribution is 0.344. The third-order valence-electron chi connectivity index (χ3n) is 4.07. The van der Waals surface area contributed by atoms with Crippen LogP contribution in [-0.4, -0.2) is 57.8 Å². The Balaban J connectivity index is 1.89. The molecule has 0 saturated heterocycles. The van der Waals surface area contributed by atoms with Crippen LogP contribution in [0.25, 0.3) is 0 Å². The number of aryl methyl sites for hydroxylation is 1. The number of rotatable bonds is 11. The van der Waals surface area contributed by atoms with Crippen LogP contribution in [0, 0.1) is 19.3 Å². The Hall–Kier alpha value is -2.21. The molecule has 1 N–H and O–H groups in total. The van der Waals surface area contributed by atoms with Crippen molar-refractivity contribution >= 4 is 27.4 Å². The summed E-state index contributed by atoms with van der Waals surface area (Å²) in [5, 5.41) is 2.94. The van der Waals surface area contributed by atoms with Gasteiger partial charge in [-0.2, -0.15) is 11.8 Å². The summed E-state index contributed by atoms with van der Waals surface area (Å²) in [6.45, 7) is 3.42. The molecular weight excluding hydrogens is 418 g/mol. The Morgan fingerprint density at radius 2 is 1.90 bits per heavy atom. The molecule has 0 bridgehead atoms. The van der Waals surface area contributed by atoms with Crippen molar-refractivity contribution in [2.24, 2.45) is 4.99 Å². The number of benzene rings is 1. The molecule has 0 aliphatic heterocycles. The summed E-state index contributed by atoms with van der Waals surface area (Å²) >= 11 is 1.69. The first kappa shape index (κ1) is 24.1. The zero-order valence-corrected chi connectivity index (χ0v) is 19.4. The van der Waals surface area contributed by atoms with E-state index in [-0.39, 0.29) is 17.2 Å². The van der Waals surface area contributed by atoms with Gasteiger partial charge in [0.15, 0.2) is 9.84 Å². The summed E-state index contributed by atoms with van der Waals surface area (Å²) in [7, 11) is 0.512. The number of hydrogen-bond acceptors (Lipinski definition) is 6. The van der Waals surface area contributed by atoms with Crippen molar-refractivity contribution < 1.29 is 12.8 Å². The standard InChI is InChI=1S/C22H29N3O3S2/c1-5-12-23-22(17-30(26,27)21-10-6-18(2)7-11-21)24-13-14-29-16-20-9-8-19(28-20)15-25(3)4/h1,6-11H,12-17H2,2-4H3,(H,23,24). The maximum Gasteiger partial charge on any atom is 0.185 e. The SMILES string of the molecule is C#CCNC(CS(=O)(=O)c1ccc(C)cc1)=NCCSCc1ccc(CN(C)C)o1. The van der Waals surface area contributed by atoms with Gasteiger partial charge in [0.25, 0.3) is 0 Å². The molecule has 162 valence electrons. The van der Waals surface area contributed by atoms with E-state index >= 15 is 0 Å². The number of amidine groups is 1. The zero-order valence-electron chi connectivity index (χ0n) is 17.7. The largest absolute Gasteiger partial charge is 0.464 e. The molecule has 2 aromatic rings. The van der Waals surface area contributed by atoms with E-state index in [9.17, 15) is 8.42 Å². The highest BCUT2D eigenvalue weighted by atomic mass is 32.2. The molecule has 0 unspecified atom stereocenters. The quantitative estimate of drug-likeness (QED) is 0.247. The van der Waals surface area contributed by atoms with Crippen molar-refractivity contribution in [3.8, 4) is 12.3 Å². The topological polar surface area (TPSA) is 74.9 Å². The summed E-state index contributed by atoms with van der Waals surface area (Å²) in [6.07, 6.45) is 5.31. The minimum absolute atomic E-state index is 0.200. The zero-order chi connectivity index (χ0) is 22.0. The first-order valence-electron chi connectivity index (χ1n) is 9.60. The van der Waals surface area contributed by atoms with Crippen molar-refractivity contribution in [3.63, 3.8) is 0 Å². The normalized spacial score (nSPS) is 12.2. The third kappa shape index (κ3) is 8.27. The number of nitrogens with zero attached hydrogens (tertiary/aromatic N) is 2. The van der Waals surface area contributed by atoms with E-state index in [0.29, 0.717) is 12.4 Å². The van der Waals surface area contributed by atoms with Crippen LogP contribution in [0.5, 0.6) is 0 Å². The number of furan rings is 1. The van der Waals surface area contributed by atoms with Crippen molar-refractivity contribution in [1.29, 1.82) is 0 Å². The van der Waals surface area contributed by atoms with Gasteiger partial charge in [-0.1, -0.05) is 23.6 Å². The van der Waals surface area contributed by atoms with Crippen LogP contribution in [-0.2, 0) is 22.1 Å². The molecule has 0 atom stereocenters. The van der Waals surface area contributed by atoms with Gasteiger partial charge in [0.1, 0.15) is 23.1 Å². The molecule has 6 nitrogen and oxygen atoms in total. The predicted octanol–water partition coefficient (Wildman–Crippen LogP) is 2.98. The van der Waals surface area contributed by atoms with E-state index < -0.39 is 9.84 Å². The fourth-order valence-corrected chi connectivity index (χ4v) is 4.62. The molecule has 0 saturated carbocycles. The first-order chi connectivity index (χ1) is 14.3. The molecule has 0 aliphatic rings. The van der Waals surface area contributed by atoms with Crippen LogP contribution in [0.2, 0.25) is 0 Å². The summed E-state index contributed by atoms with van der Waals surface area (Å²) in [5.74, 6) is 6.01. The molecule has 0 amide bonds. The van der Waals surface area contributed by atoms with E-state index in [2.05, 4.69) is 21.1 Å². The van der Waals surface area contributed by atoms with Crippen LogP contribution < -0.4 is 5.32 Å². The van der Waals surface area contributed by atoms with Crippen LogP contribution in [0.3, 0.4) is 0 Å². The lowest BCUT2D eigenvalue weighted by Crippen LogP contribution is -2.31. The second-order valence-electron chi connectivity index (χ2n) is 7.12. The van der Waals surface area contributed by atoms with Crippen molar-refractivity contribution in [2.75, 3.05) is 38.7 Å². The Morgan fingerprint density at radius 1 is 1.20 bits per heavy atom. The van der Waals surface area contributed by atoms with E-state index in [1.807, 2.05) is 33.2 Å². The van der Waals surface area contributed by atoms with E-state index in [4.69, 9.17) is 10.8 Å². The number of terminal acetylenes is 1. The minimum Gasteiger partial charge on any atom is -0.464 e. The minimum atomic E-state index is -3.49. The molecule has 30 heavy (non-hydrogen) atoms. The van der Waals surface area contributed by atoms with E-state index in [1.165, 1.54) is 0 Å². The average Bonchev–Trinajstić information content (AvgIpc) is 3.12. The van der Waals surface area contributed by atoms with Crippen molar-refractivity contribution in [3.05, 3.63) is 53.5 Å². The molecule has 0 aliphatic carbocycles. The lowest BCUT2D eigenvalue weighted by Gasteiger charge is -2.09. The Labute approximate surface area is 184 Å². The lowest BCUT2D eigenvalue weighted by atomic mass is 10.2. The molecule has 1 aromatic heterocycles. The summed E-state index contributed by atoms with van der Waals surface area (Å²) < 4.78 is 31.1. The Morgan fingerprint density at radius 3 is 2.57 bits per heavy atom. The van der Waals surface area contributed by atoms with E-state index in [0.717, 1.165) is 35.1 Å². The predicted molar refractivity (Wildman–Crippen MR) is 125 cm³/mol. The number of nitrogens with one attached hydrogen (secondary N) is 1. The van der Waals surface area contributed by atoms with Gasteiger partial charge < -0.3 is 14.6 Å². The van der Waals surface area contributed by atoms with Gasteiger partial charge in [0.2, 0.25) is 0 Å². The number of thioether (sulfide) groups is 1. The van der Waals surface area contributed by atoms with Crippen molar-refractivity contribution in [2.45, 2.75) is 24.1 Å². The number of aliphatic imine (C=N–C) groups is 1. The highest BCUT2D eigenvalue weighted by Crippen LogP contribution is 2.16. The highest BCUT2D eigenvalue weighted by Gasteiger charge is 2.17. The molecule has 2 rings (SSSR count). The molecular formula is C22H29N3O3S2. The fraction of sp³-hybridized carbons (Fsp3) is 0.409. The average molecular weight is 448 g/mol. The second-order valence-corrected chi connectivity index (χ2v) is 10.2. The van der Waals surface area contributed by atoms with Gasteiger partial charge in [-0.3, -0.25) is 4.99 Å². The smallest absolute Gasteiger partial charge is 0.185 e. The molecule has 0 radical (unpaired) electrons. The van der Waals surface area contributed by atoms with Gasteiger partial charge in [0.05, 0.1) is 30.3 Å². The van der Waals surface area contributed by atoms with Gasteiger partial charge in [0, 0.05) is 5.75 Å². The molecule has 0 spiro atoms. The molecule has 1 heterocycles. The Bertz CT molecular complexity index is 972. The highest BCUT2D eigenvalue weighted by molar-refractivity contribution is 7.98. The number of sulfone groups is 1. The van der Waals surface area contributed by atoms with Crippen molar-refractivity contribution in [1.82, 2.24) is 10.2 Å². The summed E-state index contributed by atoms with van der Waals surface area (Å²) in [4.78, 5) is 6.77. The first-order valence-corrected chi connectivity index (χ1v) is 12.4. The maximum absolute atomic E-state index is 12.7. The third-order valence-corrected chi connectivity index (χ3v) is 6.68. The van der Waals surface area contributed by atoms with Crippen LogP contribution in [0.1, 0.15) is 17.1 Å². The summed E-state index contributed by atoms with van der Waals surface area (Å²) in [6, 6.07) is 10.8. The van der Waals surface area contributed by atoms with Crippen LogP contribution >= 0.6 is 11.8 Å². The molecule has 0 fully saturated rings. The fourth-order valence-electron chi connectivity index (χ4n) is 2.63. The van der Waals surface area contributed by atoms with Crippen LogP contribution in [0.4, 0.5) is 0 Å². The molecule has 8 heteroatoms. The van der Waals surface area contributed by atoms with E-state index in [1.54, 1.807) is 36.0 Å². The van der Waals surface area contributed by atoms with Gasteiger partial charge in [-0.15, -0.1) is 6.42 Å². The van der Waals surface area contributed by atoms with Gasteiger partial charge >= 0.3 is 0 Å². The van der Waals surface area contributed by atoms with Gasteiger partial charge in [-0.25, -0.2) is 8.42 Å². The Kier molecular flexibility index (Phi) is 9.50.